The number of nitrogens with zero attached hydrogens (tertiary/aromatic N) is 1. The number of hydrogen-bond donors (Lipinski definition) is 1. The molecule has 0 fully saturated rings. The Hall–Kier alpha value is -3.62. The van der Waals surface area contributed by atoms with E-state index in [0.29, 0.717) is 22.7 Å². The Morgan fingerprint density at radius 1 is 0.939 bits per heavy atom. The van der Waals surface area contributed by atoms with Crippen LogP contribution >= 0.6 is 27.5 Å². The summed E-state index contributed by atoms with van der Waals surface area (Å²) in [4.78, 5) is 39.0. The molecule has 33 heavy (non-hydrogen) atoms. The monoisotopic (exact) mass is 526 g/mol. The van der Waals surface area contributed by atoms with Crippen LogP contribution in [0.2, 0.25) is 0 Å². The Balaban J connectivity index is 1.49. The number of ether oxygens (including phenoxy) is 2. The molecular formula is C24H16BrClN2O5. The lowest BCUT2D eigenvalue weighted by molar-refractivity contribution is -0.120. The molecule has 0 radical (unpaired) electrons. The van der Waals surface area contributed by atoms with Gasteiger partial charge in [-0.25, -0.2) is 9.69 Å². The van der Waals surface area contributed by atoms with Crippen LogP contribution in [-0.2, 0) is 9.59 Å². The van der Waals surface area contributed by atoms with Crippen molar-refractivity contribution in [2.75, 3.05) is 17.3 Å². The van der Waals surface area contributed by atoms with Gasteiger partial charge in [0.1, 0.15) is 22.2 Å². The Kier molecular flexibility index (Phi) is 6.48. The average molecular weight is 528 g/mol. The van der Waals surface area contributed by atoms with E-state index in [1.54, 1.807) is 60.7 Å². The molecule has 0 saturated carbocycles. The zero-order chi connectivity index (χ0) is 23.5. The first-order chi connectivity index (χ1) is 15.9. The van der Waals surface area contributed by atoms with Crippen molar-refractivity contribution in [3.05, 3.63) is 93.6 Å². The number of amides is 2. The molecule has 4 rings (SSSR count). The summed E-state index contributed by atoms with van der Waals surface area (Å²) in [5.41, 5.74) is 0.994. The fourth-order valence-corrected chi connectivity index (χ4v) is 3.62. The van der Waals surface area contributed by atoms with E-state index in [1.165, 1.54) is 19.2 Å². The van der Waals surface area contributed by atoms with Crippen molar-refractivity contribution in [3.63, 3.8) is 0 Å². The number of para-hydroxylation sites is 2. The highest BCUT2D eigenvalue weighted by molar-refractivity contribution is 9.10. The van der Waals surface area contributed by atoms with Gasteiger partial charge in [-0.1, -0.05) is 39.7 Å². The zero-order valence-electron chi connectivity index (χ0n) is 17.2. The second kappa shape index (κ2) is 9.48. The molecule has 1 aliphatic heterocycles. The summed E-state index contributed by atoms with van der Waals surface area (Å²) in [5, 5.41) is 2.62. The van der Waals surface area contributed by atoms with Crippen LogP contribution < -0.4 is 19.7 Å². The minimum Gasteiger partial charge on any atom is -0.495 e. The molecule has 2 amide bonds. The largest absolute Gasteiger partial charge is 0.495 e. The number of esters is 1. The third kappa shape index (κ3) is 4.62. The van der Waals surface area contributed by atoms with Gasteiger partial charge in [0, 0.05) is 10.2 Å². The SMILES string of the molecule is COc1ccccc1N1C(=O)C(Cl)=C(Nc2ccc(C(=O)Oc3ccc(Br)cc3)cc2)C1=O. The first kappa shape index (κ1) is 22.6. The number of imide groups is 1. The number of hydrogen-bond acceptors (Lipinski definition) is 6. The Morgan fingerprint density at radius 2 is 1.61 bits per heavy atom. The lowest BCUT2D eigenvalue weighted by Gasteiger charge is -2.17. The number of halogens is 2. The van der Waals surface area contributed by atoms with Gasteiger partial charge in [0.2, 0.25) is 0 Å². The van der Waals surface area contributed by atoms with Crippen molar-refractivity contribution in [2.24, 2.45) is 0 Å². The molecule has 0 unspecified atom stereocenters. The van der Waals surface area contributed by atoms with Crippen LogP contribution in [0, 0.1) is 0 Å². The molecule has 3 aromatic rings. The maximum absolute atomic E-state index is 13.0. The predicted molar refractivity (Wildman–Crippen MR) is 128 cm³/mol. The van der Waals surface area contributed by atoms with Crippen molar-refractivity contribution in [1.29, 1.82) is 0 Å². The maximum Gasteiger partial charge on any atom is 0.343 e. The van der Waals surface area contributed by atoms with E-state index >= 15 is 0 Å². The van der Waals surface area contributed by atoms with Crippen molar-refractivity contribution in [1.82, 2.24) is 0 Å². The molecule has 0 spiro atoms. The van der Waals surface area contributed by atoms with E-state index in [2.05, 4.69) is 21.2 Å². The minimum atomic E-state index is -0.664. The highest BCUT2D eigenvalue weighted by Crippen LogP contribution is 2.35. The van der Waals surface area contributed by atoms with Gasteiger partial charge in [-0.2, -0.15) is 0 Å². The van der Waals surface area contributed by atoms with Crippen LogP contribution in [0.25, 0.3) is 0 Å². The van der Waals surface area contributed by atoms with Crippen molar-refractivity contribution in [3.8, 4) is 11.5 Å². The van der Waals surface area contributed by atoms with Gasteiger partial charge in [0.25, 0.3) is 11.8 Å². The molecule has 1 aliphatic rings. The normalized spacial score (nSPS) is 13.4. The predicted octanol–water partition coefficient (Wildman–Crippen LogP) is 5.11. The smallest absolute Gasteiger partial charge is 0.343 e. The van der Waals surface area contributed by atoms with Crippen LogP contribution in [0.4, 0.5) is 11.4 Å². The highest BCUT2D eigenvalue weighted by Gasteiger charge is 2.40. The highest BCUT2D eigenvalue weighted by atomic mass is 79.9. The third-order valence-electron chi connectivity index (χ3n) is 4.77. The summed E-state index contributed by atoms with van der Waals surface area (Å²) < 4.78 is 11.5. The summed E-state index contributed by atoms with van der Waals surface area (Å²) in [6.07, 6.45) is 0. The molecule has 0 atom stereocenters. The molecule has 1 N–H and O–H groups in total. The lowest BCUT2D eigenvalue weighted by atomic mass is 10.2. The van der Waals surface area contributed by atoms with E-state index in [-0.39, 0.29) is 16.4 Å². The first-order valence-electron chi connectivity index (χ1n) is 9.65. The van der Waals surface area contributed by atoms with Crippen LogP contribution in [0.5, 0.6) is 11.5 Å². The third-order valence-corrected chi connectivity index (χ3v) is 5.65. The molecule has 7 nitrogen and oxygen atoms in total. The quantitative estimate of drug-likeness (QED) is 0.272. The fourth-order valence-electron chi connectivity index (χ4n) is 3.15. The topological polar surface area (TPSA) is 84.9 Å². The molecule has 1 heterocycles. The van der Waals surface area contributed by atoms with Gasteiger partial charge in [0.15, 0.2) is 0 Å². The number of anilines is 2. The molecular weight excluding hydrogens is 512 g/mol. The van der Waals surface area contributed by atoms with Crippen molar-refractivity contribution < 1.29 is 23.9 Å². The summed E-state index contributed by atoms with van der Waals surface area (Å²) >= 11 is 9.51. The van der Waals surface area contributed by atoms with Gasteiger partial charge in [-0.05, 0) is 60.7 Å². The molecule has 0 aliphatic carbocycles. The van der Waals surface area contributed by atoms with E-state index < -0.39 is 17.8 Å². The number of benzene rings is 3. The summed E-state index contributed by atoms with van der Waals surface area (Å²) in [7, 11) is 1.45. The molecule has 3 aromatic carbocycles. The standard InChI is InChI=1S/C24H16BrClN2O5/c1-32-19-5-3-2-4-18(19)28-22(29)20(26)21(23(28)30)27-16-10-6-14(7-11-16)24(31)33-17-12-8-15(25)9-13-17/h2-13,27H,1H3. The van der Waals surface area contributed by atoms with Crippen LogP contribution in [0.1, 0.15) is 10.4 Å². The second-order valence-electron chi connectivity index (χ2n) is 6.85. The molecule has 0 saturated heterocycles. The van der Waals surface area contributed by atoms with Crippen LogP contribution in [-0.4, -0.2) is 24.9 Å². The lowest BCUT2D eigenvalue weighted by Crippen LogP contribution is -2.32. The molecule has 0 bridgehead atoms. The van der Waals surface area contributed by atoms with E-state index in [0.717, 1.165) is 9.37 Å². The van der Waals surface area contributed by atoms with Gasteiger partial charge >= 0.3 is 5.97 Å². The Morgan fingerprint density at radius 3 is 2.27 bits per heavy atom. The van der Waals surface area contributed by atoms with E-state index in [1.807, 2.05) is 0 Å². The Labute approximate surface area is 202 Å². The molecule has 166 valence electrons. The summed E-state index contributed by atoms with van der Waals surface area (Å²) in [6.45, 7) is 0. The van der Waals surface area contributed by atoms with Crippen molar-refractivity contribution in [2.45, 2.75) is 0 Å². The number of methoxy groups -OCH3 is 1. The Bertz CT molecular complexity index is 1270. The number of carbonyl (C=O) groups excluding carboxylic acids is 3. The molecule has 0 aromatic heterocycles. The average Bonchev–Trinajstić information content (AvgIpc) is 3.04. The van der Waals surface area contributed by atoms with Gasteiger partial charge in [-0.3, -0.25) is 9.59 Å². The minimum absolute atomic E-state index is 0.0715. The number of carbonyl (C=O) groups is 3. The first-order valence-corrected chi connectivity index (χ1v) is 10.8. The van der Waals surface area contributed by atoms with Gasteiger partial charge < -0.3 is 14.8 Å². The van der Waals surface area contributed by atoms with Gasteiger partial charge in [0.05, 0.1) is 18.4 Å². The van der Waals surface area contributed by atoms with Crippen LogP contribution in [0.3, 0.4) is 0 Å². The molecule has 9 heteroatoms. The van der Waals surface area contributed by atoms with E-state index in [4.69, 9.17) is 21.1 Å². The van der Waals surface area contributed by atoms with Crippen LogP contribution in [0.15, 0.2) is 88.0 Å². The summed E-state index contributed by atoms with van der Waals surface area (Å²) in [5.74, 6) is -1.04. The second-order valence-corrected chi connectivity index (χ2v) is 8.15. The van der Waals surface area contributed by atoms with Crippen molar-refractivity contribution >= 4 is 56.7 Å². The number of rotatable bonds is 6. The van der Waals surface area contributed by atoms with E-state index in [9.17, 15) is 14.4 Å². The van der Waals surface area contributed by atoms with Gasteiger partial charge in [-0.15, -0.1) is 0 Å². The summed E-state index contributed by atoms with van der Waals surface area (Å²) in [6, 6.07) is 19.8. The fraction of sp³-hybridized carbons (Fsp3) is 0.0417. The maximum atomic E-state index is 13.0. The zero-order valence-corrected chi connectivity index (χ0v) is 19.5. The number of nitrogens with one attached hydrogen (secondary N) is 1.